The molecule has 9 nitrogen and oxygen atoms in total. The summed E-state index contributed by atoms with van der Waals surface area (Å²) >= 11 is 0. The van der Waals surface area contributed by atoms with Gasteiger partial charge in [-0.25, -0.2) is 14.4 Å². The summed E-state index contributed by atoms with van der Waals surface area (Å²) in [4.78, 5) is 19.6. The number of hydrogen-bond acceptors (Lipinski definition) is 7. The van der Waals surface area contributed by atoms with E-state index in [0.29, 0.717) is 65.7 Å². The molecule has 0 aliphatic carbocycles. The molecule has 4 aromatic rings. The molecule has 0 amide bonds. The van der Waals surface area contributed by atoms with E-state index in [4.69, 9.17) is 14.6 Å². The molecule has 0 saturated carbocycles. The molecule has 0 radical (unpaired) electrons. The van der Waals surface area contributed by atoms with Crippen LogP contribution in [0.25, 0.3) is 22.2 Å². The van der Waals surface area contributed by atoms with Crippen LogP contribution in [0.1, 0.15) is 24.6 Å². The van der Waals surface area contributed by atoms with Crippen LogP contribution in [-0.2, 0) is 17.8 Å². The average Bonchev–Trinajstić information content (AvgIpc) is 3.28. The third kappa shape index (κ3) is 5.62. The number of aromatic nitrogens is 3. The molecule has 0 spiro atoms. The van der Waals surface area contributed by atoms with E-state index in [1.165, 1.54) is 19.5 Å². The number of benzene rings is 2. The highest BCUT2D eigenvalue weighted by Gasteiger charge is 2.16. The summed E-state index contributed by atoms with van der Waals surface area (Å²) < 4.78 is 27.3. The number of carbonyl (C=O) groups is 1. The van der Waals surface area contributed by atoms with Crippen LogP contribution in [0.15, 0.2) is 48.8 Å². The Balaban J connectivity index is 1.52. The molecule has 2 N–H and O–H groups in total. The van der Waals surface area contributed by atoms with Crippen molar-refractivity contribution in [3.63, 3.8) is 0 Å². The monoisotopic (exact) mass is 503 g/mol. The molecule has 37 heavy (non-hydrogen) atoms. The summed E-state index contributed by atoms with van der Waals surface area (Å²) in [5.41, 5.74) is 2.91. The van der Waals surface area contributed by atoms with E-state index in [1.54, 1.807) is 22.8 Å². The van der Waals surface area contributed by atoms with E-state index in [2.05, 4.69) is 21.4 Å². The van der Waals surface area contributed by atoms with Gasteiger partial charge in [-0.2, -0.15) is 5.26 Å². The number of anilines is 1. The van der Waals surface area contributed by atoms with Crippen molar-refractivity contribution in [2.24, 2.45) is 0 Å². The van der Waals surface area contributed by atoms with Gasteiger partial charge in [-0.3, -0.25) is 4.79 Å². The smallest absolute Gasteiger partial charge is 0.303 e. The number of halogens is 1. The maximum absolute atomic E-state index is 14.6. The highest BCUT2D eigenvalue weighted by Crippen LogP contribution is 2.31. The van der Waals surface area contributed by atoms with Crippen LogP contribution in [0.4, 0.5) is 10.2 Å². The third-order valence-corrected chi connectivity index (χ3v) is 5.88. The summed E-state index contributed by atoms with van der Waals surface area (Å²) in [7, 11) is 1.51. The van der Waals surface area contributed by atoms with Crippen molar-refractivity contribution in [2.75, 3.05) is 25.6 Å². The second kappa shape index (κ2) is 11.4. The van der Waals surface area contributed by atoms with E-state index in [9.17, 15) is 14.4 Å². The highest BCUT2D eigenvalue weighted by molar-refractivity contribution is 5.88. The first kappa shape index (κ1) is 25.4. The first-order valence-electron chi connectivity index (χ1n) is 11.7. The van der Waals surface area contributed by atoms with E-state index >= 15 is 0 Å². The fourth-order valence-corrected chi connectivity index (χ4v) is 4.17. The normalized spacial score (nSPS) is 10.8. The molecule has 0 saturated heterocycles. The van der Waals surface area contributed by atoms with Gasteiger partial charge in [-0.1, -0.05) is 12.1 Å². The van der Waals surface area contributed by atoms with Crippen LogP contribution in [-0.4, -0.2) is 45.9 Å². The fourth-order valence-electron chi connectivity index (χ4n) is 4.17. The largest absolute Gasteiger partial charge is 0.496 e. The minimum absolute atomic E-state index is 0.0157. The molecular formula is C27H26FN5O4. The standard InChI is InChI=1S/C27H26FN5O4/c1-3-37-24-12-18(5-4-17(24)6-9-26(34)35)22-14-25(32-16-31-22)30-10-11-33-19(15-29)13-20-23(36-2)8-7-21(28)27(20)33/h4-5,7-8,12-14,16H,3,6,9-11H2,1-2H3,(H,34,35)(H,30,31,32). The number of nitrogens with one attached hydrogen (secondary N) is 1. The predicted molar refractivity (Wildman–Crippen MR) is 136 cm³/mol. The van der Waals surface area contributed by atoms with E-state index in [1.807, 2.05) is 25.1 Å². The lowest BCUT2D eigenvalue weighted by Crippen LogP contribution is -2.13. The predicted octanol–water partition coefficient (Wildman–Crippen LogP) is 4.65. The van der Waals surface area contributed by atoms with Gasteiger partial charge in [-0.05, 0) is 43.2 Å². The Bertz CT molecular complexity index is 1480. The van der Waals surface area contributed by atoms with Crippen molar-refractivity contribution in [2.45, 2.75) is 26.3 Å². The lowest BCUT2D eigenvalue weighted by atomic mass is 10.0. The number of rotatable bonds is 11. The Hall–Kier alpha value is -4.65. The van der Waals surface area contributed by atoms with Crippen molar-refractivity contribution >= 4 is 22.7 Å². The molecule has 2 aromatic heterocycles. The Morgan fingerprint density at radius 1 is 1.19 bits per heavy atom. The summed E-state index contributed by atoms with van der Waals surface area (Å²) in [6.45, 7) is 3.02. The number of fused-ring (bicyclic) bond motifs is 1. The molecule has 2 heterocycles. The van der Waals surface area contributed by atoms with Crippen molar-refractivity contribution in [3.05, 3.63) is 65.9 Å². The molecule has 0 atom stereocenters. The number of carboxylic acids is 1. The van der Waals surface area contributed by atoms with Gasteiger partial charge in [0.25, 0.3) is 0 Å². The van der Waals surface area contributed by atoms with Gasteiger partial charge in [0.2, 0.25) is 0 Å². The first-order valence-corrected chi connectivity index (χ1v) is 11.7. The number of aryl methyl sites for hydroxylation is 1. The Morgan fingerprint density at radius 2 is 2.03 bits per heavy atom. The maximum Gasteiger partial charge on any atom is 0.303 e. The van der Waals surface area contributed by atoms with Gasteiger partial charge in [0.15, 0.2) is 0 Å². The zero-order valence-corrected chi connectivity index (χ0v) is 20.5. The molecule has 0 aliphatic rings. The van der Waals surface area contributed by atoms with Crippen LogP contribution in [0.2, 0.25) is 0 Å². The fraction of sp³-hybridized carbons (Fsp3) is 0.259. The van der Waals surface area contributed by atoms with Crippen molar-refractivity contribution in [1.82, 2.24) is 14.5 Å². The van der Waals surface area contributed by atoms with Crippen LogP contribution < -0.4 is 14.8 Å². The van der Waals surface area contributed by atoms with Crippen molar-refractivity contribution < 1.29 is 23.8 Å². The van der Waals surface area contributed by atoms with E-state index in [-0.39, 0.29) is 6.42 Å². The van der Waals surface area contributed by atoms with Gasteiger partial charge < -0.3 is 24.5 Å². The summed E-state index contributed by atoms with van der Waals surface area (Å²) in [6, 6.07) is 14.0. The minimum Gasteiger partial charge on any atom is -0.496 e. The maximum atomic E-state index is 14.6. The van der Waals surface area contributed by atoms with Crippen LogP contribution in [0.3, 0.4) is 0 Å². The lowest BCUT2D eigenvalue weighted by molar-refractivity contribution is -0.136. The second-order valence-corrected chi connectivity index (χ2v) is 8.17. The van der Waals surface area contributed by atoms with Crippen LogP contribution in [0.5, 0.6) is 11.5 Å². The van der Waals surface area contributed by atoms with E-state index in [0.717, 1.165) is 11.1 Å². The molecule has 10 heteroatoms. The summed E-state index contributed by atoms with van der Waals surface area (Å²) in [6.07, 6.45) is 1.82. The van der Waals surface area contributed by atoms with Gasteiger partial charge in [0.1, 0.15) is 41.2 Å². The number of nitrogens with zero attached hydrogens (tertiary/aromatic N) is 4. The molecule has 0 bridgehead atoms. The number of hydrogen-bond donors (Lipinski definition) is 2. The Labute approximate surface area is 213 Å². The minimum atomic E-state index is -0.866. The number of carboxylic acid groups (broad SMARTS) is 1. The van der Waals surface area contributed by atoms with Crippen molar-refractivity contribution in [3.8, 4) is 28.8 Å². The van der Waals surface area contributed by atoms with Gasteiger partial charge in [0.05, 0.1) is 24.9 Å². The molecular weight excluding hydrogens is 477 g/mol. The van der Waals surface area contributed by atoms with Crippen LogP contribution >= 0.6 is 0 Å². The molecule has 0 fully saturated rings. The van der Waals surface area contributed by atoms with E-state index < -0.39 is 11.8 Å². The number of methoxy groups -OCH3 is 1. The average molecular weight is 504 g/mol. The SMILES string of the molecule is CCOc1cc(-c2cc(NCCn3c(C#N)cc4c(OC)ccc(F)c43)ncn2)ccc1CCC(=O)O. The number of ether oxygens (including phenoxy) is 2. The topological polar surface area (TPSA) is 122 Å². The van der Waals surface area contributed by atoms with Gasteiger partial charge in [0, 0.05) is 36.5 Å². The third-order valence-electron chi connectivity index (χ3n) is 5.88. The highest BCUT2D eigenvalue weighted by atomic mass is 19.1. The first-order chi connectivity index (χ1) is 17.9. The van der Waals surface area contributed by atoms with Gasteiger partial charge in [-0.15, -0.1) is 0 Å². The molecule has 2 aromatic carbocycles. The van der Waals surface area contributed by atoms with Gasteiger partial charge >= 0.3 is 5.97 Å². The molecule has 0 aliphatic heterocycles. The Morgan fingerprint density at radius 3 is 2.76 bits per heavy atom. The summed E-state index contributed by atoms with van der Waals surface area (Å²) in [5, 5.41) is 22.3. The second-order valence-electron chi connectivity index (χ2n) is 8.17. The van der Waals surface area contributed by atoms with Crippen molar-refractivity contribution in [1.29, 1.82) is 5.26 Å². The molecule has 190 valence electrons. The Kier molecular flexibility index (Phi) is 7.83. The number of nitriles is 1. The molecule has 0 unspecified atom stereocenters. The molecule has 4 rings (SSSR count). The number of aliphatic carboxylic acids is 1. The zero-order valence-electron chi connectivity index (χ0n) is 20.5. The summed E-state index contributed by atoms with van der Waals surface area (Å²) in [5.74, 6) is 0.384. The quantitative estimate of drug-likeness (QED) is 0.303. The lowest BCUT2D eigenvalue weighted by Gasteiger charge is -2.13. The van der Waals surface area contributed by atoms with Crippen LogP contribution in [0, 0.1) is 17.1 Å². The zero-order chi connectivity index (χ0) is 26.4.